The topological polar surface area (TPSA) is 102 Å². The number of halogens is 2. The van der Waals surface area contributed by atoms with Crippen LogP contribution in [0.15, 0.2) is 29.0 Å². The third-order valence-corrected chi connectivity index (χ3v) is 3.28. The fourth-order valence-corrected chi connectivity index (χ4v) is 2.10. The minimum atomic E-state index is -0.631. The Bertz CT molecular complexity index is 716. The number of anilines is 3. The molecule has 0 bridgehead atoms. The number of aromatic nitrogens is 2. The molecule has 0 saturated heterocycles. The van der Waals surface area contributed by atoms with Gasteiger partial charge in [-0.2, -0.15) is 0 Å². The van der Waals surface area contributed by atoms with Crippen LogP contribution in [0.2, 0.25) is 0 Å². The first-order valence-electron chi connectivity index (χ1n) is 6.47. The molecule has 0 unspecified atom stereocenters. The number of hydrogen-bond donors (Lipinski definition) is 2. The van der Waals surface area contributed by atoms with Gasteiger partial charge in [0.15, 0.2) is 0 Å². The Balaban J connectivity index is 2.33. The molecule has 1 heterocycles. The fourth-order valence-electron chi connectivity index (χ4n) is 1.76. The van der Waals surface area contributed by atoms with Crippen LogP contribution in [0.5, 0.6) is 0 Å². The minimum Gasteiger partial charge on any atom is -0.383 e. The number of ether oxygens (including phenoxy) is 1. The summed E-state index contributed by atoms with van der Waals surface area (Å²) in [7, 11) is 1.51. The molecule has 8 nitrogen and oxygen atoms in total. The molecule has 0 aliphatic heterocycles. The SMILES string of the molecule is COCCNc1ncnc(Nc2ccc(Br)cc2F)c1[N+](=O)[O-]. The summed E-state index contributed by atoms with van der Waals surface area (Å²) in [5, 5.41) is 16.7. The van der Waals surface area contributed by atoms with E-state index in [2.05, 4.69) is 36.5 Å². The van der Waals surface area contributed by atoms with E-state index < -0.39 is 10.7 Å². The van der Waals surface area contributed by atoms with E-state index >= 15 is 0 Å². The van der Waals surface area contributed by atoms with Crippen LogP contribution >= 0.6 is 15.9 Å². The molecule has 23 heavy (non-hydrogen) atoms. The van der Waals surface area contributed by atoms with E-state index in [1.165, 1.54) is 19.2 Å². The molecule has 0 saturated carbocycles. The van der Waals surface area contributed by atoms with Gasteiger partial charge in [-0.3, -0.25) is 10.1 Å². The van der Waals surface area contributed by atoms with Crippen molar-refractivity contribution < 1.29 is 14.1 Å². The highest BCUT2D eigenvalue weighted by Gasteiger charge is 2.23. The Labute approximate surface area is 139 Å². The second-order valence-electron chi connectivity index (χ2n) is 4.35. The first-order chi connectivity index (χ1) is 11.0. The third kappa shape index (κ3) is 4.33. The van der Waals surface area contributed by atoms with Crippen molar-refractivity contribution in [3.8, 4) is 0 Å². The smallest absolute Gasteiger partial charge is 0.353 e. The molecule has 0 radical (unpaired) electrons. The lowest BCUT2D eigenvalue weighted by Crippen LogP contribution is -2.12. The van der Waals surface area contributed by atoms with Crippen LogP contribution < -0.4 is 10.6 Å². The highest BCUT2D eigenvalue weighted by molar-refractivity contribution is 9.10. The molecule has 2 N–H and O–H groups in total. The lowest BCUT2D eigenvalue weighted by atomic mass is 10.3. The molecule has 0 amide bonds. The molecule has 2 aromatic rings. The number of hydrogen-bond acceptors (Lipinski definition) is 7. The predicted octanol–water partition coefficient (Wildman–Crippen LogP) is 3.09. The molecule has 0 aliphatic carbocycles. The zero-order valence-electron chi connectivity index (χ0n) is 12.0. The van der Waals surface area contributed by atoms with E-state index in [0.717, 1.165) is 6.33 Å². The Morgan fingerprint density at radius 3 is 2.78 bits per heavy atom. The first-order valence-corrected chi connectivity index (χ1v) is 7.26. The monoisotopic (exact) mass is 385 g/mol. The van der Waals surface area contributed by atoms with Gasteiger partial charge in [-0.05, 0) is 18.2 Å². The Morgan fingerprint density at radius 1 is 1.39 bits per heavy atom. The number of nitro groups is 1. The lowest BCUT2D eigenvalue weighted by Gasteiger charge is -2.10. The third-order valence-electron chi connectivity index (χ3n) is 2.79. The number of methoxy groups -OCH3 is 1. The van der Waals surface area contributed by atoms with Crippen LogP contribution in [0.25, 0.3) is 0 Å². The highest BCUT2D eigenvalue weighted by Crippen LogP contribution is 2.32. The van der Waals surface area contributed by atoms with Gasteiger partial charge >= 0.3 is 5.69 Å². The van der Waals surface area contributed by atoms with E-state index in [9.17, 15) is 14.5 Å². The molecule has 0 atom stereocenters. The quantitative estimate of drug-likeness (QED) is 0.428. The summed E-state index contributed by atoms with van der Waals surface area (Å²) in [5.41, 5.74) is -0.302. The van der Waals surface area contributed by atoms with Crippen LogP contribution in [-0.4, -0.2) is 35.2 Å². The minimum absolute atomic E-state index is 0.0297. The normalized spacial score (nSPS) is 10.4. The van der Waals surface area contributed by atoms with Gasteiger partial charge in [-0.15, -0.1) is 0 Å². The van der Waals surface area contributed by atoms with Crippen molar-refractivity contribution in [1.82, 2.24) is 9.97 Å². The van der Waals surface area contributed by atoms with Crippen molar-refractivity contribution in [2.45, 2.75) is 0 Å². The second-order valence-corrected chi connectivity index (χ2v) is 5.26. The average molecular weight is 386 g/mol. The maximum absolute atomic E-state index is 13.9. The van der Waals surface area contributed by atoms with E-state index in [1.54, 1.807) is 6.07 Å². The molecule has 1 aromatic carbocycles. The van der Waals surface area contributed by atoms with E-state index in [0.29, 0.717) is 17.6 Å². The largest absolute Gasteiger partial charge is 0.383 e. The summed E-state index contributed by atoms with van der Waals surface area (Å²) in [4.78, 5) is 18.4. The van der Waals surface area contributed by atoms with Crippen molar-refractivity contribution in [1.29, 1.82) is 0 Å². The Kier molecular flexibility index (Phi) is 5.77. The van der Waals surface area contributed by atoms with Crippen LogP contribution in [-0.2, 0) is 4.74 Å². The van der Waals surface area contributed by atoms with Crippen molar-refractivity contribution in [2.24, 2.45) is 0 Å². The van der Waals surface area contributed by atoms with Gasteiger partial charge in [0.05, 0.1) is 17.2 Å². The Hall–Kier alpha value is -2.33. The summed E-state index contributed by atoms with van der Waals surface area (Å²) in [6.07, 6.45) is 1.15. The number of rotatable bonds is 7. The van der Waals surface area contributed by atoms with Gasteiger partial charge in [-0.1, -0.05) is 15.9 Å². The van der Waals surface area contributed by atoms with Gasteiger partial charge in [0, 0.05) is 18.1 Å². The summed E-state index contributed by atoms with van der Waals surface area (Å²) in [6.45, 7) is 0.686. The number of benzene rings is 1. The molecule has 2 rings (SSSR count). The fraction of sp³-hybridized carbons (Fsp3) is 0.231. The second kappa shape index (κ2) is 7.79. The zero-order chi connectivity index (χ0) is 16.8. The lowest BCUT2D eigenvalue weighted by molar-refractivity contribution is -0.383. The molecule has 10 heteroatoms. The standard InChI is InChI=1S/C13H13BrFN5O3/c1-23-5-4-16-12-11(20(21)22)13(18-7-17-12)19-10-3-2-8(14)6-9(10)15/h2-3,6-7H,4-5H2,1H3,(H2,16,17,18,19). The summed E-state index contributed by atoms with van der Waals surface area (Å²) >= 11 is 3.14. The predicted molar refractivity (Wildman–Crippen MR) is 86.4 cm³/mol. The van der Waals surface area contributed by atoms with Crippen LogP contribution in [0, 0.1) is 15.9 Å². The average Bonchev–Trinajstić information content (AvgIpc) is 2.50. The maximum Gasteiger partial charge on any atom is 0.353 e. The molecule has 1 aromatic heterocycles. The van der Waals surface area contributed by atoms with Gasteiger partial charge in [0.2, 0.25) is 11.6 Å². The van der Waals surface area contributed by atoms with Gasteiger partial charge < -0.3 is 15.4 Å². The highest BCUT2D eigenvalue weighted by atomic mass is 79.9. The van der Waals surface area contributed by atoms with Crippen molar-refractivity contribution >= 4 is 38.9 Å². The molecular weight excluding hydrogens is 373 g/mol. The maximum atomic E-state index is 13.9. The number of nitrogens with zero attached hydrogens (tertiary/aromatic N) is 3. The Morgan fingerprint density at radius 2 is 2.13 bits per heavy atom. The van der Waals surface area contributed by atoms with E-state index in [-0.39, 0.29) is 23.0 Å². The van der Waals surface area contributed by atoms with Crippen LogP contribution in [0.1, 0.15) is 0 Å². The molecular formula is C13H13BrFN5O3. The van der Waals surface area contributed by atoms with Crippen molar-refractivity contribution in [2.75, 3.05) is 30.9 Å². The van der Waals surface area contributed by atoms with Crippen LogP contribution in [0.3, 0.4) is 0 Å². The molecule has 122 valence electrons. The zero-order valence-corrected chi connectivity index (χ0v) is 13.6. The van der Waals surface area contributed by atoms with Gasteiger partial charge in [0.1, 0.15) is 12.1 Å². The van der Waals surface area contributed by atoms with E-state index in [4.69, 9.17) is 4.74 Å². The van der Waals surface area contributed by atoms with Crippen LogP contribution in [0.4, 0.5) is 27.4 Å². The summed E-state index contributed by atoms with van der Waals surface area (Å²) in [5.74, 6) is -0.644. The van der Waals surface area contributed by atoms with Crippen molar-refractivity contribution in [3.05, 3.63) is 44.9 Å². The van der Waals surface area contributed by atoms with Crippen molar-refractivity contribution in [3.63, 3.8) is 0 Å². The molecule has 0 fully saturated rings. The first kappa shape index (κ1) is 17.0. The van der Waals surface area contributed by atoms with E-state index in [1.807, 2.05) is 0 Å². The van der Waals surface area contributed by atoms with Gasteiger partial charge in [0.25, 0.3) is 0 Å². The van der Waals surface area contributed by atoms with Gasteiger partial charge in [-0.25, -0.2) is 14.4 Å². The summed E-state index contributed by atoms with van der Waals surface area (Å²) in [6, 6.07) is 4.30. The molecule has 0 spiro atoms. The molecule has 0 aliphatic rings. The number of nitrogens with one attached hydrogen (secondary N) is 2. The summed E-state index contributed by atoms with van der Waals surface area (Å²) < 4.78 is 19.3.